The predicted octanol–water partition coefficient (Wildman–Crippen LogP) is 1.26. The third-order valence-electron chi connectivity index (χ3n) is 0.506. The smallest absolute Gasteiger partial charge is 0.342 e. The van der Waals surface area contributed by atoms with Crippen LogP contribution in [0.5, 0.6) is 0 Å². The van der Waals surface area contributed by atoms with E-state index in [2.05, 4.69) is 9.47 Å². The average Bonchev–Trinajstić information content (AvgIpc) is 2.03. The molecule has 0 heterocycles. The molecule has 12 heavy (non-hydrogen) atoms. The van der Waals surface area contributed by atoms with Crippen molar-refractivity contribution in [2.24, 2.45) is 0 Å². The number of amides is 2. The normalized spacial score (nSPS) is 8.17. The molecule has 0 saturated carbocycles. The fourth-order valence-corrected chi connectivity index (χ4v) is 0.431. The first kappa shape index (κ1) is 11.7. The van der Waals surface area contributed by atoms with Crippen LogP contribution in [0.15, 0.2) is 0 Å². The number of nitrogens with one attached hydrogen (secondary N) is 2. The van der Waals surface area contributed by atoms with Crippen LogP contribution in [0.1, 0.15) is 0 Å². The van der Waals surface area contributed by atoms with Crippen molar-refractivity contribution in [2.45, 2.75) is 0 Å². The monoisotopic (exact) mass is 400 g/mol. The van der Waals surface area contributed by atoms with Crippen LogP contribution in [0.3, 0.4) is 0 Å². The van der Waals surface area contributed by atoms with Crippen LogP contribution in [-0.2, 0) is 9.47 Å². The summed E-state index contributed by atoms with van der Waals surface area (Å²) in [5, 5.41) is 0. The molecule has 9 heteroatoms. The second-order valence-corrected chi connectivity index (χ2v) is 2.30. The Morgan fingerprint density at radius 3 is 1.50 bits per heavy atom. The van der Waals surface area contributed by atoms with Gasteiger partial charge in [0.2, 0.25) is 0 Å². The molecular formula is C3H2I2N2O5. The number of ether oxygens (including phenoxy) is 2. The zero-order valence-corrected chi connectivity index (χ0v) is 9.61. The van der Waals surface area contributed by atoms with Gasteiger partial charge in [-0.1, -0.05) is 0 Å². The number of carbonyl (C=O) groups excluding carboxylic acids is 3. The average molecular weight is 400 g/mol. The minimum atomic E-state index is -1.39. The Kier molecular flexibility index (Phi) is 6.04. The summed E-state index contributed by atoms with van der Waals surface area (Å²) in [5.74, 6) is 0. The van der Waals surface area contributed by atoms with Crippen molar-refractivity contribution in [3.63, 3.8) is 0 Å². The van der Waals surface area contributed by atoms with Crippen LogP contribution in [0.4, 0.5) is 14.4 Å². The van der Waals surface area contributed by atoms with Crippen LogP contribution in [0.2, 0.25) is 0 Å². The lowest BCUT2D eigenvalue weighted by Crippen LogP contribution is -2.24. The first-order valence-corrected chi connectivity index (χ1v) is 4.46. The zero-order valence-electron chi connectivity index (χ0n) is 5.30. The lowest BCUT2D eigenvalue weighted by atomic mass is 11.1. The highest BCUT2D eigenvalue weighted by Gasteiger charge is 2.14. The molecule has 0 fully saturated rings. The van der Waals surface area contributed by atoms with E-state index in [9.17, 15) is 14.4 Å². The van der Waals surface area contributed by atoms with E-state index in [0.29, 0.717) is 0 Å². The fraction of sp³-hybridized carbons (Fsp3) is 0. The summed E-state index contributed by atoms with van der Waals surface area (Å²) < 4.78 is 11.7. The molecule has 68 valence electrons. The van der Waals surface area contributed by atoms with Gasteiger partial charge in [-0.05, 0) is 0 Å². The van der Waals surface area contributed by atoms with Gasteiger partial charge in [-0.25, -0.2) is 14.4 Å². The first-order valence-electron chi connectivity index (χ1n) is 2.31. The molecule has 0 aromatic heterocycles. The number of hydrogen-bond acceptors (Lipinski definition) is 5. The molecule has 0 unspecified atom stereocenters. The minimum Gasteiger partial charge on any atom is -0.342 e. The molecule has 2 amide bonds. The van der Waals surface area contributed by atoms with E-state index in [1.807, 2.05) is 7.06 Å². The Labute approximate surface area is 94.5 Å². The van der Waals surface area contributed by atoms with Gasteiger partial charge in [-0.15, -0.1) is 0 Å². The quantitative estimate of drug-likeness (QED) is 0.277. The predicted molar refractivity (Wildman–Crippen MR) is 52.7 cm³/mol. The number of rotatable bonds is 0. The van der Waals surface area contributed by atoms with Crippen LogP contribution in [0.25, 0.3) is 0 Å². The third kappa shape index (κ3) is 5.34. The summed E-state index contributed by atoms with van der Waals surface area (Å²) in [4.78, 5) is 31.0. The second-order valence-electron chi connectivity index (χ2n) is 1.22. The molecule has 0 aliphatic carbocycles. The molecule has 0 spiro atoms. The molecule has 0 aromatic carbocycles. The Balaban J connectivity index is 3.74. The Morgan fingerprint density at radius 2 is 1.25 bits per heavy atom. The summed E-state index contributed by atoms with van der Waals surface area (Å²) in [6.07, 6.45) is -3.41. The fourth-order valence-electron chi connectivity index (χ4n) is 0.211. The lowest BCUT2D eigenvalue weighted by Gasteiger charge is -1.99. The molecule has 0 radical (unpaired) electrons. The largest absolute Gasteiger partial charge is 0.526 e. The molecule has 0 rings (SSSR count). The second kappa shape index (κ2) is 6.22. The van der Waals surface area contributed by atoms with Crippen LogP contribution < -0.4 is 7.06 Å². The topological polar surface area (TPSA) is 93.7 Å². The molecular weight excluding hydrogens is 398 g/mol. The van der Waals surface area contributed by atoms with Gasteiger partial charge < -0.3 is 9.47 Å². The van der Waals surface area contributed by atoms with E-state index in [0.717, 1.165) is 0 Å². The summed E-state index contributed by atoms with van der Waals surface area (Å²) in [6, 6.07) is 0. The molecule has 0 saturated heterocycles. The minimum absolute atomic E-state index is 1.01. The van der Waals surface area contributed by atoms with E-state index in [4.69, 9.17) is 0 Å². The molecule has 0 bridgehead atoms. The Hall–Kier alpha value is -0.330. The Bertz CT molecular complexity index is 187. The van der Waals surface area contributed by atoms with E-state index >= 15 is 0 Å². The number of hydrogen-bond donors (Lipinski definition) is 2. The van der Waals surface area contributed by atoms with Crippen LogP contribution in [-0.4, -0.2) is 18.3 Å². The highest BCUT2D eigenvalue weighted by atomic mass is 127. The number of halogens is 2. The van der Waals surface area contributed by atoms with Crippen molar-refractivity contribution < 1.29 is 23.9 Å². The maximum absolute atomic E-state index is 10.4. The molecule has 0 aliphatic rings. The van der Waals surface area contributed by atoms with Crippen LogP contribution >= 0.6 is 45.7 Å². The molecule has 0 atom stereocenters. The van der Waals surface area contributed by atoms with Crippen molar-refractivity contribution in [3.8, 4) is 0 Å². The maximum atomic E-state index is 10.4. The SMILES string of the molecule is O=C(NI)OC(=O)OC(=O)NI. The zero-order chi connectivity index (χ0) is 9.56. The van der Waals surface area contributed by atoms with Crippen molar-refractivity contribution >= 4 is 64.1 Å². The van der Waals surface area contributed by atoms with Gasteiger partial charge in [-0.2, -0.15) is 0 Å². The summed E-state index contributed by atoms with van der Waals surface area (Å²) in [6.45, 7) is 0. The van der Waals surface area contributed by atoms with E-state index < -0.39 is 18.3 Å². The molecule has 0 aliphatic heterocycles. The highest BCUT2D eigenvalue weighted by Crippen LogP contribution is 1.89. The van der Waals surface area contributed by atoms with Gasteiger partial charge in [0.15, 0.2) is 0 Å². The van der Waals surface area contributed by atoms with E-state index in [1.54, 1.807) is 0 Å². The standard InChI is InChI=1S/C3H2I2N2O5/c4-6-1(8)11-3(10)12-2(9)7-5/h(H,6,8)(H,7,9). The summed E-state index contributed by atoms with van der Waals surface area (Å²) in [5.41, 5.74) is 0. The first-order chi connectivity index (χ1) is 5.60. The van der Waals surface area contributed by atoms with Crippen molar-refractivity contribution in [3.05, 3.63) is 0 Å². The van der Waals surface area contributed by atoms with Gasteiger partial charge in [0.1, 0.15) is 0 Å². The van der Waals surface area contributed by atoms with Gasteiger partial charge in [0.25, 0.3) is 0 Å². The Morgan fingerprint density at radius 1 is 0.917 bits per heavy atom. The van der Waals surface area contributed by atoms with E-state index in [-0.39, 0.29) is 0 Å². The van der Waals surface area contributed by atoms with Gasteiger partial charge in [-0.3, -0.25) is 7.06 Å². The van der Waals surface area contributed by atoms with Gasteiger partial charge >= 0.3 is 18.3 Å². The van der Waals surface area contributed by atoms with Crippen molar-refractivity contribution in [2.75, 3.05) is 0 Å². The molecule has 2 N–H and O–H groups in total. The number of carbonyl (C=O) groups is 3. The van der Waals surface area contributed by atoms with Crippen molar-refractivity contribution in [1.82, 2.24) is 7.06 Å². The third-order valence-corrected chi connectivity index (χ3v) is 1.39. The van der Waals surface area contributed by atoms with Crippen molar-refractivity contribution in [1.29, 1.82) is 0 Å². The van der Waals surface area contributed by atoms with E-state index in [1.165, 1.54) is 45.7 Å². The summed E-state index contributed by atoms with van der Waals surface area (Å²) >= 11 is 2.91. The van der Waals surface area contributed by atoms with Gasteiger partial charge in [0, 0.05) is 0 Å². The highest BCUT2D eigenvalue weighted by molar-refractivity contribution is 14.1. The summed E-state index contributed by atoms with van der Waals surface area (Å²) in [7, 11) is 0. The van der Waals surface area contributed by atoms with Crippen LogP contribution in [0, 0.1) is 0 Å². The van der Waals surface area contributed by atoms with Gasteiger partial charge in [0.05, 0.1) is 45.7 Å². The maximum Gasteiger partial charge on any atom is 0.526 e. The molecule has 0 aromatic rings. The lowest BCUT2D eigenvalue weighted by molar-refractivity contribution is 0.0975. The molecule has 7 nitrogen and oxygen atoms in total.